The normalized spacial score (nSPS) is 46.2. The van der Waals surface area contributed by atoms with Gasteiger partial charge in [0.25, 0.3) is 0 Å². The summed E-state index contributed by atoms with van der Waals surface area (Å²) in [6.45, 7) is 10.1. The molecule has 0 unspecified atom stereocenters. The molecule has 3 rings (SSSR count). The summed E-state index contributed by atoms with van der Waals surface area (Å²) in [6, 6.07) is 0. The maximum atomic E-state index is 12.4. The number of hydrogen-bond acceptors (Lipinski definition) is 4. The standard InChI is InChI=1S/C20H30O4/c1-13-6-5-10-20(4)17(23-20)12-15-9-11-19(3,16(21)8-7-13)24-18(22)14(15)2/h6,15-17,21H,2,5,7-12H2,1,3-4H3/b13-6+/t15-,16-,17+,19-,20+/m1/s1. The molecule has 4 heteroatoms. The Balaban J connectivity index is 1.85. The Morgan fingerprint density at radius 2 is 2.00 bits per heavy atom. The number of aliphatic hydroxyl groups is 1. The van der Waals surface area contributed by atoms with Gasteiger partial charge in [0, 0.05) is 5.57 Å². The topological polar surface area (TPSA) is 59.1 Å². The summed E-state index contributed by atoms with van der Waals surface area (Å²) in [7, 11) is 0. The number of fused-ring (bicyclic) bond motifs is 4. The Hall–Kier alpha value is -1.13. The summed E-state index contributed by atoms with van der Waals surface area (Å²) >= 11 is 0. The van der Waals surface area contributed by atoms with E-state index in [1.54, 1.807) is 0 Å². The van der Waals surface area contributed by atoms with Gasteiger partial charge >= 0.3 is 5.97 Å². The van der Waals surface area contributed by atoms with E-state index in [0.29, 0.717) is 18.4 Å². The van der Waals surface area contributed by atoms with Crippen LogP contribution >= 0.6 is 0 Å². The maximum Gasteiger partial charge on any atom is 0.334 e. The van der Waals surface area contributed by atoms with Gasteiger partial charge in [0.15, 0.2) is 0 Å². The summed E-state index contributed by atoms with van der Waals surface area (Å²) in [4.78, 5) is 12.4. The first-order chi connectivity index (χ1) is 11.2. The molecule has 0 aromatic carbocycles. The van der Waals surface area contributed by atoms with Crippen molar-refractivity contribution in [2.75, 3.05) is 0 Å². The van der Waals surface area contributed by atoms with Crippen LogP contribution in [0.1, 0.15) is 65.7 Å². The fraction of sp³-hybridized carbons (Fsp3) is 0.750. The molecule has 0 aromatic heterocycles. The van der Waals surface area contributed by atoms with Crippen molar-refractivity contribution in [3.05, 3.63) is 23.8 Å². The molecule has 3 aliphatic rings. The lowest BCUT2D eigenvalue weighted by molar-refractivity contribution is -0.165. The van der Waals surface area contributed by atoms with Gasteiger partial charge in [-0.15, -0.1) is 0 Å². The highest BCUT2D eigenvalue weighted by Gasteiger charge is 2.53. The van der Waals surface area contributed by atoms with E-state index in [-0.39, 0.29) is 23.6 Å². The third-order valence-corrected chi connectivity index (χ3v) is 6.25. The second-order valence-electron chi connectivity index (χ2n) is 8.26. The molecular weight excluding hydrogens is 304 g/mol. The fourth-order valence-corrected chi connectivity index (χ4v) is 4.07. The summed E-state index contributed by atoms with van der Waals surface area (Å²) < 4.78 is 11.7. The van der Waals surface area contributed by atoms with Crippen LogP contribution in [0.3, 0.4) is 0 Å². The molecule has 0 aromatic rings. The number of allylic oxidation sites excluding steroid dienone is 2. The van der Waals surface area contributed by atoms with E-state index in [2.05, 4.69) is 26.5 Å². The van der Waals surface area contributed by atoms with Crippen LogP contribution in [0.2, 0.25) is 0 Å². The third kappa shape index (κ3) is 3.45. The lowest BCUT2D eigenvalue weighted by Crippen LogP contribution is -2.43. The fourth-order valence-electron chi connectivity index (χ4n) is 4.07. The van der Waals surface area contributed by atoms with Gasteiger partial charge in [-0.3, -0.25) is 0 Å². The van der Waals surface area contributed by atoms with E-state index in [9.17, 15) is 9.90 Å². The van der Waals surface area contributed by atoms with E-state index < -0.39 is 11.7 Å². The van der Waals surface area contributed by atoms with Crippen molar-refractivity contribution < 1.29 is 19.4 Å². The molecule has 2 aliphatic heterocycles. The van der Waals surface area contributed by atoms with Crippen LogP contribution in [-0.2, 0) is 14.3 Å². The van der Waals surface area contributed by atoms with Gasteiger partial charge in [0.05, 0.1) is 17.8 Å². The van der Waals surface area contributed by atoms with Gasteiger partial charge in [0.1, 0.15) is 5.60 Å². The SMILES string of the molecule is C=C1C(=O)O[C@]2(C)CC[C@@H]1C[C@@H]1O[C@@]1(C)CC/C=C(\C)CC[C@H]2O. The number of epoxide rings is 1. The zero-order chi connectivity index (χ0) is 17.5. The largest absolute Gasteiger partial charge is 0.453 e. The molecule has 2 bridgehead atoms. The summed E-state index contributed by atoms with van der Waals surface area (Å²) in [5.74, 6) is -0.276. The monoisotopic (exact) mass is 334 g/mol. The van der Waals surface area contributed by atoms with E-state index >= 15 is 0 Å². The van der Waals surface area contributed by atoms with Crippen molar-refractivity contribution in [2.24, 2.45) is 5.92 Å². The first kappa shape index (κ1) is 17.7. The zero-order valence-electron chi connectivity index (χ0n) is 15.1. The van der Waals surface area contributed by atoms with Crippen molar-refractivity contribution in [1.82, 2.24) is 0 Å². The predicted octanol–water partition coefficient (Wildman–Crippen LogP) is 3.68. The number of ether oxygens (including phenoxy) is 2. The van der Waals surface area contributed by atoms with Crippen molar-refractivity contribution in [3.63, 3.8) is 0 Å². The average Bonchev–Trinajstić information content (AvgIpc) is 3.18. The Morgan fingerprint density at radius 3 is 2.75 bits per heavy atom. The molecule has 0 amide bonds. The van der Waals surface area contributed by atoms with Crippen LogP contribution in [0.5, 0.6) is 0 Å². The molecule has 0 spiro atoms. The minimum atomic E-state index is -0.827. The second kappa shape index (κ2) is 6.30. The molecule has 5 atom stereocenters. The minimum Gasteiger partial charge on any atom is -0.453 e. The molecule has 1 aliphatic carbocycles. The summed E-state index contributed by atoms with van der Waals surface area (Å²) in [5.41, 5.74) is 0.915. The number of esters is 1. The third-order valence-electron chi connectivity index (χ3n) is 6.25. The average molecular weight is 334 g/mol. The highest BCUT2D eigenvalue weighted by molar-refractivity contribution is 5.89. The van der Waals surface area contributed by atoms with Crippen LogP contribution in [0.4, 0.5) is 0 Å². The molecule has 4 nitrogen and oxygen atoms in total. The maximum absolute atomic E-state index is 12.4. The van der Waals surface area contributed by atoms with E-state index in [0.717, 1.165) is 32.1 Å². The number of hydrogen-bond donors (Lipinski definition) is 1. The lowest BCUT2D eigenvalue weighted by Gasteiger charge is -2.33. The van der Waals surface area contributed by atoms with Crippen molar-refractivity contribution >= 4 is 5.97 Å². The number of rotatable bonds is 0. The molecule has 2 heterocycles. The first-order valence-corrected chi connectivity index (χ1v) is 9.17. The van der Waals surface area contributed by atoms with Gasteiger partial charge in [-0.1, -0.05) is 18.2 Å². The van der Waals surface area contributed by atoms with Crippen LogP contribution < -0.4 is 0 Å². The molecule has 134 valence electrons. The lowest BCUT2D eigenvalue weighted by atomic mass is 9.82. The van der Waals surface area contributed by atoms with Gasteiger partial charge in [-0.2, -0.15) is 0 Å². The highest BCUT2D eigenvalue weighted by atomic mass is 16.6. The van der Waals surface area contributed by atoms with Crippen LogP contribution in [0.25, 0.3) is 0 Å². The van der Waals surface area contributed by atoms with Crippen molar-refractivity contribution in [3.8, 4) is 0 Å². The van der Waals surface area contributed by atoms with Crippen LogP contribution in [0.15, 0.2) is 23.8 Å². The molecule has 2 fully saturated rings. The van der Waals surface area contributed by atoms with E-state index in [1.807, 2.05) is 6.92 Å². The first-order valence-electron chi connectivity index (χ1n) is 9.17. The second-order valence-corrected chi connectivity index (χ2v) is 8.26. The Kier molecular flexibility index (Phi) is 4.65. The predicted molar refractivity (Wildman–Crippen MR) is 92.5 cm³/mol. The molecule has 0 saturated carbocycles. The Bertz CT molecular complexity index is 566. The van der Waals surface area contributed by atoms with Gasteiger partial charge in [-0.25, -0.2) is 4.79 Å². The van der Waals surface area contributed by atoms with Crippen LogP contribution in [0, 0.1) is 5.92 Å². The zero-order valence-corrected chi connectivity index (χ0v) is 15.1. The smallest absolute Gasteiger partial charge is 0.334 e. The van der Waals surface area contributed by atoms with E-state index in [4.69, 9.17) is 9.47 Å². The Morgan fingerprint density at radius 1 is 1.25 bits per heavy atom. The number of aliphatic hydroxyl groups excluding tert-OH is 1. The van der Waals surface area contributed by atoms with Crippen molar-refractivity contribution in [2.45, 2.75) is 89.1 Å². The molecule has 0 radical (unpaired) electrons. The molecule has 24 heavy (non-hydrogen) atoms. The number of carbonyl (C=O) groups excluding carboxylic acids is 1. The number of carbonyl (C=O) groups is 1. The van der Waals surface area contributed by atoms with Gasteiger partial charge in [0.2, 0.25) is 0 Å². The van der Waals surface area contributed by atoms with Gasteiger partial charge < -0.3 is 14.6 Å². The van der Waals surface area contributed by atoms with Crippen molar-refractivity contribution in [1.29, 1.82) is 0 Å². The highest BCUT2D eigenvalue weighted by Crippen LogP contribution is 2.47. The minimum absolute atomic E-state index is 0.0692. The molecule has 2 saturated heterocycles. The molecule has 1 N–H and O–H groups in total. The Labute approximate surface area is 144 Å². The quantitative estimate of drug-likeness (QED) is 0.318. The van der Waals surface area contributed by atoms with E-state index in [1.165, 1.54) is 5.57 Å². The van der Waals surface area contributed by atoms with Gasteiger partial charge in [-0.05, 0) is 71.6 Å². The summed E-state index contributed by atoms with van der Waals surface area (Å²) in [5, 5.41) is 10.7. The van der Waals surface area contributed by atoms with Crippen LogP contribution in [-0.4, -0.2) is 34.5 Å². The summed E-state index contributed by atoms with van der Waals surface area (Å²) in [6.07, 6.45) is 7.51. The molecular formula is C20H30O4.